The van der Waals surface area contributed by atoms with Gasteiger partial charge in [-0.25, -0.2) is 9.97 Å². The molecule has 3 aliphatic carbocycles. The Kier molecular flexibility index (Phi) is 4.18. The molecule has 11 heteroatoms. The molecule has 1 aliphatic heterocycles. The second-order valence-corrected chi connectivity index (χ2v) is 8.17. The Labute approximate surface area is 165 Å². The molecule has 2 aromatic rings. The highest BCUT2D eigenvalue weighted by molar-refractivity contribution is 7.07. The van der Waals surface area contributed by atoms with Crippen LogP contribution in [0.5, 0.6) is 10.9 Å². The smallest absolute Gasteiger partial charge is 0.300 e. The molecule has 0 radical (unpaired) electrons. The number of morpholine rings is 1. The van der Waals surface area contributed by atoms with E-state index in [0.717, 1.165) is 43.9 Å². The molecule has 2 bridgehead atoms. The monoisotopic (exact) mass is 404 g/mol. The number of carbonyl (C=O) groups excluding carboxylic acids is 1. The van der Waals surface area contributed by atoms with Crippen LogP contribution in [-0.2, 0) is 14.3 Å². The lowest BCUT2D eigenvalue weighted by Crippen LogP contribution is -2.72. The van der Waals surface area contributed by atoms with Crippen LogP contribution in [0.15, 0.2) is 12.4 Å². The summed E-state index contributed by atoms with van der Waals surface area (Å²) in [6.45, 7) is 2.89. The maximum Gasteiger partial charge on any atom is 0.300 e. The minimum absolute atomic E-state index is 0.0472. The first-order valence-electron chi connectivity index (χ1n) is 9.13. The predicted octanol–water partition coefficient (Wildman–Crippen LogP) is 1.46. The molecule has 148 valence electrons. The van der Waals surface area contributed by atoms with Crippen LogP contribution in [0.25, 0.3) is 0 Å². The fourth-order valence-corrected chi connectivity index (χ4v) is 4.59. The lowest BCUT2D eigenvalue weighted by molar-refractivity contribution is -0.260. The molecule has 3 heterocycles. The van der Waals surface area contributed by atoms with Crippen molar-refractivity contribution in [3.05, 3.63) is 12.4 Å². The van der Waals surface area contributed by atoms with Crippen LogP contribution in [0, 0.1) is 5.41 Å². The number of nitrogens with zero attached hydrogens (tertiary/aromatic N) is 5. The minimum Gasteiger partial charge on any atom is -0.426 e. The molecular weight excluding hydrogens is 384 g/mol. The van der Waals surface area contributed by atoms with E-state index in [1.807, 2.05) is 0 Å². The zero-order chi connectivity index (χ0) is 19.2. The quantitative estimate of drug-likeness (QED) is 0.765. The summed E-state index contributed by atoms with van der Waals surface area (Å²) < 4.78 is 20.6. The number of ether oxygens (including phenoxy) is 3. The molecule has 6 rings (SSSR count). The highest BCUT2D eigenvalue weighted by atomic mass is 32.1. The van der Waals surface area contributed by atoms with Gasteiger partial charge in [-0.2, -0.15) is 4.98 Å². The normalized spacial score (nSPS) is 28.2. The molecule has 1 amide bonds. The summed E-state index contributed by atoms with van der Waals surface area (Å²) in [5.41, 5.74) is -0.389. The summed E-state index contributed by atoms with van der Waals surface area (Å²) in [7, 11) is 1.70. The van der Waals surface area contributed by atoms with Crippen molar-refractivity contribution in [1.29, 1.82) is 0 Å². The number of nitrogens with one attached hydrogen (secondary N) is 1. The maximum atomic E-state index is 12.5. The third-order valence-electron chi connectivity index (χ3n) is 5.64. The molecular formula is C17H20N6O4S. The van der Waals surface area contributed by atoms with Crippen molar-refractivity contribution in [3.63, 3.8) is 0 Å². The molecule has 10 nitrogen and oxygen atoms in total. The summed E-state index contributed by atoms with van der Waals surface area (Å²) in [5, 5.41) is 3.11. The summed E-state index contributed by atoms with van der Waals surface area (Å²) in [6.07, 6.45) is 5.50. The standard InChI is InChI=1S/C17H20N6O4S/c1-25-17-8-16(9-17,10-17)12(24)20-13-21-15(28-22-13)27-11-6-18-14(19-7-11)23-2-4-26-5-3-23/h6-7H,2-5,8-10H2,1H3,(H,20,22,24). The molecule has 2 aromatic heterocycles. The van der Waals surface area contributed by atoms with E-state index in [1.165, 1.54) is 0 Å². The fourth-order valence-electron chi connectivity index (χ4n) is 4.08. The number of amides is 1. The van der Waals surface area contributed by atoms with Gasteiger partial charge in [-0.05, 0) is 19.3 Å². The summed E-state index contributed by atoms with van der Waals surface area (Å²) in [4.78, 5) is 27.4. The van der Waals surface area contributed by atoms with Crippen molar-refractivity contribution in [1.82, 2.24) is 19.3 Å². The van der Waals surface area contributed by atoms with E-state index < -0.39 is 0 Å². The van der Waals surface area contributed by atoms with Gasteiger partial charge < -0.3 is 19.1 Å². The topological polar surface area (TPSA) is 112 Å². The van der Waals surface area contributed by atoms with E-state index in [2.05, 4.69) is 29.5 Å². The average molecular weight is 404 g/mol. The first kappa shape index (κ1) is 17.7. The van der Waals surface area contributed by atoms with E-state index in [1.54, 1.807) is 19.5 Å². The Morgan fingerprint density at radius 2 is 1.96 bits per heavy atom. The van der Waals surface area contributed by atoms with Gasteiger partial charge in [-0.1, -0.05) is 0 Å². The Morgan fingerprint density at radius 1 is 1.25 bits per heavy atom. The van der Waals surface area contributed by atoms with E-state index in [9.17, 15) is 4.79 Å². The summed E-state index contributed by atoms with van der Waals surface area (Å²) in [6, 6.07) is 0. The van der Waals surface area contributed by atoms with Gasteiger partial charge in [-0.15, -0.1) is 4.37 Å². The van der Waals surface area contributed by atoms with Crippen LogP contribution in [0.1, 0.15) is 19.3 Å². The number of hydrogen-bond acceptors (Lipinski definition) is 10. The van der Waals surface area contributed by atoms with Gasteiger partial charge in [0.25, 0.3) is 5.19 Å². The van der Waals surface area contributed by atoms with Crippen molar-refractivity contribution in [2.24, 2.45) is 5.41 Å². The Hall–Kier alpha value is -2.37. The van der Waals surface area contributed by atoms with Crippen LogP contribution in [0.4, 0.5) is 11.9 Å². The fraction of sp³-hybridized carbons (Fsp3) is 0.588. The number of carbonyl (C=O) groups is 1. The predicted molar refractivity (Wildman–Crippen MR) is 99.7 cm³/mol. The van der Waals surface area contributed by atoms with Crippen molar-refractivity contribution < 1.29 is 19.0 Å². The van der Waals surface area contributed by atoms with Gasteiger partial charge in [0.1, 0.15) is 0 Å². The van der Waals surface area contributed by atoms with E-state index in [-0.39, 0.29) is 22.9 Å². The molecule has 3 saturated carbocycles. The molecule has 4 fully saturated rings. The second kappa shape index (κ2) is 6.61. The number of methoxy groups -OCH3 is 1. The number of aromatic nitrogens is 4. The molecule has 1 saturated heterocycles. The number of anilines is 2. The van der Waals surface area contributed by atoms with Crippen molar-refractivity contribution in [2.75, 3.05) is 43.6 Å². The highest BCUT2D eigenvalue weighted by Gasteiger charge is 2.72. The Balaban J connectivity index is 1.17. The largest absolute Gasteiger partial charge is 0.426 e. The summed E-state index contributed by atoms with van der Waals surface area (Å²) in [5.74, 6) is 1.32. The molecule has 1 N–H and O–H groups in total. The lowest BCUT2D eigenvalue weighted by atomic mass is 9.41. The molecule has 0 unspecified atom stereocenters. The van der Waals surface area contributed by atoms with Crippen LogP contribution >= 0.6 is 11.5 Å². The van der Waals surface area contributed by atoms with Crippen LogP contribution < -0.4 is 15.0 Å². The van der Waals surface area contributed by atoms with Gasteiger partial charge >= 0.3 is 0 Å². The lowest BCUT2D eigenvalue weighted by Gasteiger charge is -2.67. The van der Waals surface area contributed by atoms with Crippen molar-refractivity contribution in [3.8, 4) is 10.9 Å². The van der Waals surface area contributed by atoms with Crippen LogP contribution in [0.3, 0.4) is 0 Å². The van der Waals surface area contributed by atoms with Crippen LogP contribution in [0.2, 0.25) is 0 Å². The van der Waals surface area contributed by atoms with Gasteiger partial charge in [0.05, 0.1) is 36.6 Å². The number of hydrogen-bond donors (Lipinski definition) is 1. The molecule has 28 heavy (non-hydrogen) atoms. The zero-order valence-corrected chi connectivity index (χ0v) is 16.2. The van der Waals surface area contributed by atoms with Crippen molar-refractivity contribution >= 4 is 29.3 Å². The van der Waals surface area contributed by atoms with Gasteiger partial charge in [0, 0.05) is 31.7 Å². The molecule has 0 atom stereocenters. The van der Waals surface area contributed by atoms with Gasteiger partial charge in [-0.3, -0.25) is 10.1 Å². The second-order valence-electron chi connectivity index (χ2n) is 7.46. The van der Waals surface area contributed by atoms with Crippen LogP contribution in [-0.4, -0.2) is 64.2 Å². The first-order chi connectivity index (χ1) is 13.6. The third-order valence-corrected chi connectivity index (χ3v) is 6.24. The Morgan fingerprint density at radius 3 is 2.64 bits per heavy atom. The molecule has 4 aliphatic rings. The highest BCUT2D eigenvalue weighted by Crippen LogP contribution is 2.69. The molecule has 0 aromatic carbocycles. The van der Waals surface area contributed by atoms with E-state index in [4.69, 9.17) is 14.2 Å². The van der Waals surface area contributed by atoms with E-state index in [0.29, 0.717) is 30.1 Å². The maximum absolute atomic E-state index is 12.5. The third kappa shape index (κ3) is 2.99. The zero-order valence-electron chi connectivity index (χ0n) is 15.4. The Bertz CT molecular complexity index is 862. The average Bonchev–Trinajstić information content (AvgIpc) is 3.08. The SMILES string of the molecule is COC12CC(C(=O)Nc3nsc(Oc4cnc(N5CCOCC5)nc4)n3)(C1)C2. The van der Waals surface area contributed by atoms with Gasteiger partial charge in [0.15, 0.2) is 5.75 Å². The van der Waals surface area contributed by atoms with E-state index >= 15 is 0 Å². The summed E-state index contributed by atoms with van der Waals surface area (Å²) >= 11 is 1.07. The van der Waals surface area contributed by atoms with Crippen molar-refractivity contribution in [2.45, 2.75) is 24.9 Å². The molecule has 0 spiro atoms. The minimum atomic E-state index is -0.314. The van der Waals surface area contributed by atoms with Gasteiger partial charge in [0.2, 0.25) is 17.8 Å². The first-order valence-corrected chi connectivity index (χ1v) is 9.90. The number of rotatable bonds is 6.